The summed E-state index contributed by atoms with van der Waals surface area (Å²) in [5.41, 5.74) is -0.591. The topological polar surface area (TPSA) is 105 Å². The minimum absolute atomic E-state index is 0.0897. The van der Waals surface area contributed by atoms with E-state index in [1.807, 2.05) is 0 Å². The largest absolute Gasteiger partial charge is 0.509 e. The van der Waals surface area contributed by atoms with Crippen molar-refractivity contribution < 1.29 is 24.2 Å². The summed E-state index contributed by atoms with van der Waals surface area (Å²) in [6.07, 6.45) is 0.435. The minimum atomic E-state index is -0.933. The highest BCUT2D eigenvalue weighted by Gasteiger charge is 2.30. The lowest BCUT2D eigenvalue weighted by atomic mass is 9.94. The van der Waals surface area contributed by atoms with E-state index in [4.69, 9.17) is 4.74 Å². The Labute approximate surface area is 122 Å². The van der Waals surface area contributed by atoms with Crippen LogP contribution in [0.1, 0.15) is 26.7 Å². The predicted molar refractivity (Wildman–Crippen MR) is 73.4 cm³/mol. The van der Waals surface area contributed by atoms with Gasteiger partial charge in [0.15, 0.2) is 0 Å². The van der Waals surface area contributed by atoms with Gasteiger partial charge in [-0.3, -0.25) is 0 Å². The van der Waals surface area contributed by atoms with Crippen molar-refractivity contribution >= 4 is 12.1 Å². The fourth-order valence-electron chi connectivity index (χ4n) is 2.13. The van der Waals surface area contributed by atoms with E-state index in [9.17, 15) is 19.6 Å². The van der Waals surface area contributed by atoms with E-state index >= 15 is 0 Å². The number of rotatable bonds is 5. The number of piperidine rings is 1. The predicted octanol–water partition coefficient (Wildman–Crippen LogP) is 1.95. The van der Waals surface area contributed by atoms with Crippen LogP contribution in [0.3, 0.4) is 0 Å². The molecule has 8 heteroatoms. The minimum Gasteiger partial charge on any atom is -0.509 e. The molecule has 1 saturated heterocycles. The lowest BCUT2D eigenvalue weighted by Crippen LogP contribution is -2.39. The summed E-state index contributed by atoms with van der Waals surface area (Å²) in [4.78, 5) is 35.3. The van der Waals surface area contributed by atoms with Crippen molar-refractivity contribution in [2.45, 2.75) is 26.7 Å². The summed E-state index contributed by atoms with van der Waals surface area (Å²) in [5, 5.41) is 12.6. The second-order valence-electron chi connectivity index (χ2n) is 4.51. The molecule has 1 amide bonds. The van der Waals surface area contributed by atoms with Crippen molar-refractivity contribution in [2.24, 2.45) is 11.1 Å². The molecular weight excluding hydrogens is 280 g/mol. The van der Waals surface area contributed by atoms with E-state index in [1.54, 1.807) is 13.8 Å². The van der Waals surface area contributed by atoms with Gasteiger partial charge in [0.25, 0.3) is 0 Å². The number of hydrogen-bond acceptors (Lipinski definition) is 7. The van der Waals surface area contributed by atoms with Crippen LogP contribution in [0.5, 0.6) is 0 Å². The number of nitrogens with zero attached hydrogens (tertiary/aromatic N) is 2. The van der Waals surface area contributed by atoms with Gasteiger partial charge in [-0.25, -0.2) is 9.59 Å². The second-order valence-corrected chi connectivity index (χ2v) is 4.51. The first-order chi connectivity index (χ1) is 10.0. The third-order valence-corrected chi connectivity index (χ3v) is 3.21. The van der Waals surface area contributed by atoms with Crippen molar-refractivity contribution in [3.8, 4) is 0 Å². The number of aliphatic hydroxyl groups is 1. The molecule has 0 aromatic rings. The first kappa shape index (κ1) is 16.9. The van der Waals surface area contributed by atoms with E-state index < -0.39 is 23.7 Å². The second kappa shape index (κ2) is 8.23. The summed E-state index contributed by atoms with van der Waals surface area (Å²) in [6.45, 7) is 4.46. The summed E-state index contributed by atoms with van der Waals surface area (Å²) in [6, 6.07) is 0. The third-order valence-electron chi connectivity index (χ3n) is 3.21. The molecule has 118 valence electrons. The summed E-state index contributed by atoms with van der Waals surface area (Å²) >= 11 is 0. The number of amides is 1. The molecule has 0 saturated carbocycles. The van der Waals surface area contributed by atoms with Gasteiger partial charge in [0.05, 0.1) is 13.2 Å². The zero-order valence-electron chi connectivity index (χ0n) is 12.2. The van der Waals surface area contributed by atoms with Crippen molar-refractivity contribution in [3.63, 3.8) is 0 Å². The molecule has 0 unspecified atom stereocenters. The number of aliphatic hydroxyl groups excluding tert-OH is 1. The maximum absolute atomic E-state index is 11.5. The average Bonchev–Trinajstić information content (AvgIpc) is 2.48. The zero-order chi connectivity index (χ0) is 15.8. The molecule has 0 atom stereocenters. The van der Waals surface area contributed by atoms with Gasteiger partial charge in [0.2, 0.25) is 5.70 Å². The number of esters is 1. The van der Waals surface area contributed by atoms with Crippen LogP contribution in [0.25, 0.3) is 0 Å². The van der Waals surface area contributed by atoms with Crippen molar-refractivity contribution in [1.29, 1.82) is 0 Å². The Balaban J connectivity index is 2.69. The number of allylic oxidation sites excluding steroid dienone is 1. The normalized spacial score (nSPS) is 17.0. The van der Waals surface area contributed by atoms with Gasteiger partial charge in [-0.2, -0.15) is 0 Å². The van der Waals surface area contributed by atoms with Gasteiger partial charge in [-0.05, 0) is 31.9 Å². The van der Waals surface area contributed by atoms with Crippen LogP contribution in [-0.2, 0) is 14.3 Å². The van der Waals surface area contributed by atoms with Crippen LogP contribution in [-0.4, -0.2) is 48.4 Å². The highest BCUT2D eigenvalue weighted by atomic mass is 16.6. The molecule has 1 fully saturated rings. The fraction of sp³-hybridized carbons (Fsp3) is 0.692. The molecule has 0 bridgehead atoms. The quantitative estimate of drug-likeness (QED) is 0.360. The molecule has 21 heavy (non-hydrogen) atoms. The molecule has 0 aromatic carbocycles. The monoisotopic (exact) mass is 300 g/mol. The van der Waals surface area contributed by atoms with E-state index in [-0.39, 0.29) is 12.4 Å². The van der Waals surface area contributed by atoms with Crippen LogP contribution in [0.4, 0.5) is 4.79 Å². The Morgan fingerprint density at radius 2 is 1.76 bits per heavy atom. The highest BCUT2D eigenvalue weighted by Crippen LogP contribution is 2.26. The van der Waals surface area contributed by atoms with Crippen LogP contribution in [0.15, 0.2) is 16.6 Å². The number of likely N-dealkylation sites (tertiary alicyclic amines) is 1. The molecule has 0 radical (unpaired) electrons. The van der Waals surface area contributed by atoms with Crippen LogP contribution in [0.2, 0.25) is 0 Å². The molecule has 1 rings (SSSR count). The van der Waals surface area contributed by atoms with Crippen LogP contribution >= 0.6 is 0 Å². The van der Waals surface area contributed by atoms with Crippen molar-refractivity contribution in [3.05, 3.63) is 16.4 Å². The number of nitroso groups, excluding NO2 is 1. The molecule has 1 N–H and O–H groups in total. The Morgan fingerprint density at radius 1 is 1.19 bits per heavy atom. The number of carbonyl (C=O) groups is 2. The molecule has 1 aliphatic rings. The lowest BCUT2D eigenvalue weighted by Gasteiger charge is -2.30. The summed E-state index contributed by atoms with van der Waals surface area (Å²) in [5.74, 6) is -1.70. The third kappa shape index (κ3) is 4.44. The fourth-order valence-corrected chi connectivity index (χ4v) is 2.13. The van der Waals surface area contributed by atoms with E-state index in [1.165, 1.54) is 4.90 Å². The molecule has 8 nitrogen and oxygen atoms in total. The summed E-state index contributed by atoms with van der Waals surface area (Å²) < 4.78 is 9.55. The van der Waals surface area contributed by atoms with Crippen molar-refractivity contribution in [1.82, 2.24) is 4.90 Å². The number of hydrogen-bond donors (Lipinski definition) is 1. The van der Waals surface area contributed by atoms with E-state index in [0.29, 0.717) is 32.5 Å². The van der Waals surface area contributed by atoms with Gasteiger partial charge in [-0.1, -0.05) is 0 Å². The van der Waals surface area contributed by atoms with Crippen molar-refractivity contribution in [2.75, 3.05) is 26.3 Å². The average molecular weight is 300 g/mol. The Kier molecular flexibility index (Phi) is 6.64. The Hall–Kier alpha value is -2.12. The Bertz CT molecular complexity index is 426. The molecule has 1 heterocycles. The van der Waals surface area contributed by atoms with Crippen LogP contribution < -0.4 is 0 Å². The zero-order valence-corrected chi connectivity index (χ0v) is 12.2. The van der Waals surface area contributed by atoms with Gasteiger partial charge in [0.1, 0.15) is 5.76 Å². The van der Waals surface area contributed by atoms with Gasteiger partial charge in [0, 0.05) is 19.0 Å². The maximum Gasteiger partial charge on any atom is 0.409 e. The first-order valence-corrected chi connectivity index (χ1v) is 6.90. The number of carbonyl (C=O) groups excluding carboxylic acids is 2. The lowest BCUT2D eigenvalue weighted by molar-refractivity contribution is -0.138. The van der Waals surface area contributed by atoms with Gasteiger partial charge >= 0.3 is 12.1 Å². The molecule has 0 spiro atoms. The highest BCUT2D eigenvalue weighted by molar-refractivity contribution is 5.88. The first-order valence-electron chi connectivity index (χ1n) is 6.90. The molecular formula is C13H20N2O6. The standard InChI is InChI=1S/C13H20N2O6/c1-3-20-12(17)10(14-19)11(16)9-5-7-15(8-6-9)13(18)21-4-2/h9,16H,3-8H2,1-2H3/b11-10+. The van der Waals surface area contributed by atoms with E-state index in [2.05, 4.69) is 9.91 Å². The SMILES string of the molecule is CCOC(=O)/C(N=O)=C(\O)C1CCN(C(=O)OCC)CC1. The van der Waals surface area contributed by atoms with Gasteiger partial charge in [-0.15, -0.1) is 4.91 Å². The van der Waals surface area contributed by atoms with E-state index in [0.717, 1.165) is 0 Å². The van der Waals surface area contributed by atoms with Crippen LogP contribution in [0, 0.1) is 10.8 Å². The smallest absolute Gasteiger partial charge is 0.409 e. The molecule has 0 aliphatic carbocycles. The van der Waals surface area contributed by atoms with Gasteiger partial charge < -0.3 is 19.5 Å². The summed E-state index contributed by atoms with van der Waals surface area (Å²) in [7, 11) is 0. The molecule has 0 aromatic heterocycles. The maximum atomic E-state index is 11.5. The number of ether oxygens (including phenoxy) is 2. The Morgan fingerprint density at radius 3 is 2.24 bits per heavy atom. The molecule has 1 aliphatic heterocycles.